The van der Waals surface area contributed by atoms with Gasteiger partial charge in [0.15, 0.2) is 6.61 Å². The number of rotatable bonds is 6. The smallest absolute Gasteiger partial charge is 0.310 e. The van der Waals surface area contributed by atoms with Crippen LogP contribution in [0.15, 0.2) is 36.4 Å². The summed E-state index contributed by atoms with van der Waals surface area (Å²) in [5.41, 5.74) is 1.96. The van der Waals surface area contributed by atoms with Crippen molar-refractivity contribution in [1.82, 2.24) is 0 Å². The largest absolute Gasteiger partial charge is 0.455 e. The number of hydrogen-bond acceptors (Lipinski definition) is 5. The summed E-state index contributed by atoms with van der Waals surface area (Å²) in [6, 6.07) is 9.70. The molecule has 0 atom stereocenters. The number of esters is 1. The SMILES string of the molecule is Cc1cc(NC(=O)COC(=O)Cc2ccccc2Cl)c([N+](=O)[O-])cc1C. The second kappa shape index (κ2) is 8.44. The van der Waals surface area contributed by atoms with Gasteiger partial charge >= 0.3 is 5.97 Å². The van der Waals surface area contributed by atoms with Crippen molar-refractivity contribution in [1.29, 1.82) is 0 Å². The normalized spacial score (nSPS) is 10.3. The lowest BCUT2D eigenvalue weighted by Crippen LogP contribution is -2.22. The number of hydrogen-bond donors (Lipinski definition) is 1. The summed E-state index contributed by atoms with van der Waals surface area (Å²) in [4.78, 5) is 34.3. The van der Waals surface area contributed by atoms with Gasteiger partial charge in [0.2, 0.25) is 0 Å². The zero-order valence-electron chi connectivity index (χ0n) is 14.2. The molecule has 0 fully saturated rings. The summed E-state index contributed by atoms with van der Waals surface area (Å²) in [5.74, 6) is -1.29. The number of ether oxygens (including phenoxy) is 1. The molecule has 2 aromatic rings. The average molecular weight is 377 g/mol. The highest BCUT2D eigenvalue weighted by atomic mass is 35.5. The van der Waals surface area contributed by atoms with E-state index in [1.807, 2.05) is 0 Å². The molecular formula is C18H17ClN2O5. The third-order valence-corrected chi connectivity index (χ3v) is 4.11. The Hall–Kier alpha value is -2.93. The van der Waals surface area contributed by atoms with Gasteiger partial charge in [-0.25, -0.2) is 0 Å². The van der Waals surface area contributed by atoms with E-state index in [9.17, 15) is 19.7 Å². The molecule has 0 saturated carbocycles. The van der Waals surface area contributed by atoms with Crippen molar-refractivity contribution < 1.29 is 19.2 Å². The van der Waals surface area contributed by atoms with Crippen LogP contribution < -0.4 is 5.32 Å². The van der Waals surface area contributed by atoms with E-state index in [1.165, 1.54) is 12.1 Å². The van der Waals surface area contributed by atoms with Crippen LogP contribution in [0.2, 0.25) is 5.02 Å². The molecule has 0 aliphatic rings. The van der Waals surface area contributed by atoms with Gasteiger partial charge < -0.3 is 10.1 Å². The highest BCUT2D eigenvalue weighted by Gasteiger charge is 2.18. The Bertz CT molecular complexity index is 867. The van der Waals surface area contributed by atoms with E-state index in [1.54, 1.807) is 38.1 Å². The monoisotopic (exact) mass is 376 g/mol. The maximum absolute atomic E-state index is 12.0. The number of nitrogens with zero attached hydrogens (tertiary/aromatic N) is 1. The molecule has 2 aromatic carbocycles. The number of carbonyl (C=O) groups is 2. The number of nitro benzene ring substituents is 1. The molecule has 0 unspecified atom stereocenters. The van der Waals surface area contributed by atoms with Crippen LogP contribution >= 0.6 is 11.6 Å². The van der Waals surface area contributed by atoms with Gasteiger partial charge in [0.25, 0.3) is 11.6 Å². The molecule has 0 aliphatic carbocycles. The molecule has 2 rings (SSSR count). The number of benzene rings is 2. The summed E-state index contributed by atoms with van der Waals surface area (Å²) in [6.45, 7) is 2.97. The molecule has 136 valence electrons. The van der Waals surface area contributed by atoms with Crippen LogP contribution in [-0.4, -0.2) is 23.4 Å². The first-order chi connectivity index (χ1) is 12.3. The van der Waals surface area contributed by atoms with Crippen LogP contribution in [0.1, 0.15) is 16.7 Å². The number of carbonyl (C=O) groups excluding carboxylic acids is 2. The minimum absolute atomic E-state index is 0.0604. The van der Waals surface area contributed by atoms with Crippen LogP contribution in [0.4, 0.5) is 11.4 Å². The standard InChI is InChI=1S/C18H17ClN2O5/c1-11-7-15(16(21(24)25)8-12(11)2)20-17(22)10-26-18(23)9-13-5-3-4-6-14(13)19/h3-8H,9-10H2,1-2H3,(H,20,22). The third kappa shape index (κ3) is 5.03. The first-order valence-electron chi connectivity index (χ1n) is 7.72. The van der Waals surface area contributed by atoms with Gasteiger partial charge in [0, 0.05) is 11.1 Å². The van der Waals surface area contributed by atoms with Gasteiger partial charge in [-0.2, -0.15) is 0 Å². The summed E-state index contributed by atoms with van der Waals surface area (Å²) in [6.07, 6.45) is -0.0727. The molecule has 7 nitrogen and oxygen atoms in total. The fourth-order valence-corrected chi connectivity index (χ4v) is 2.44. The number of nitro groups is 1. The van der Waals surface area contributed by atoms with Crippen molar-refractivity contribution in [2.24, 2.45) is 0 Å². The number of amides is 1. The highest BCUT2D eigenvalue weighted by Crippen LogP contribution is 2.27. The third-order valence-electron chi connectivity index (χ3n) is 3.74. The second-order valence-electron chi connectivity index (χ2n) is 5.69. The van der Waals surface area contributed by atoms with Crippen LogP contribution in [0.3, 0.4) is 0 Å². The number of aryl methyl sites for hydroxylation is 2. The van der Waals surface area contributed by atoms with Crippen LogP contribution in [-0.2, 0) is 20.7 Å². The van der Waals surface area contributed by atoms with E-state index in [2.05, 4.69) is 5.32 Å². The molecule has 0 aromatic heterocycles. The first-order valence-corrected chi connectivity index (χ1v) is 8.10. The Morgan fingerprint density at radius 2 is 1.85 bits per heavy atom. The lowest BCUT2D eigenvalue weighted by molar-refractivity contribution is -0.384. The van der Waals surface area contributed by atoms with Gasteiger partial charge in [-0.05, 0) is 42.7 Å². The predicted octanol–water partition coefficient (Wildman–Crippen LogP) is 3.59. The molecule has 0 radical (unpaired) electrons. The molecule has 26 heavy (non-hydrogen) atoms. The van der Waals surface area contributed by atoms with Crippen molar-refractivity contribution in [3.63, 3.8) is 0 Å². The minimum Gasteiger partial charge on any atom is -0.455 e. The van der Waals surface area contributed by atoms with E-state index in [0.717, 1.165) is 11.1 Å². The zero-order valence-corrected chi connectivity index (χ0v) is 15.0. The molecule has 1 N–H and O–H groups in total. The fourth-order valence-electron chi connectivity index (χ4n) is 2.23. The predicted molar refractivity (Wildman–Crippen MR) is 97.3 cm³/mol. The summed E-state index contributed by atoms with van der Waals surface area (Å²) in [5, 5.41) is 14.0. The molecule has 0 saturated heterocycles. The second-order valence-corrected chi connectivity index (χ2v) is 6.09. The maximum atomic E-state index is 12.0. The van der Waals surface area contributed by atoms with Crippen molar-refractivity contribution in [3.8, 4) is 0 Å². The van der Waals surface area contributed by atoms with Gasteiger partial charge in [-0.15, -0.1) is 0 Å². The zero-order chi connectivity index (χ0) is 19.3. The fraction of sp³-hybridized carbons (Fsp3) is 0.222. The Morgan fingerprint density at radius 3 is 2.50 bits per heavy atom. The van der Waals surface area contributed by atoms with E-state index in [-0.39, 0.29) is 17.8 Å². The quantitative estimate of drug-likeness (QED) is 0.472. The molecule has 8 heteroatoms. The van der Waals surface area contributed by atoms with E-state index in [0.29, 0.717) is 10.6 Å². The number of halogens is 1. The lowest BCUT2D eigenvalue weighted by atomic mass is 10.1. The van der Waals surface area contributed by atoms with Crippen LogP contribution in [0, 0.1) is 24.0 Å². The molecule has 0 heterocycles. The van der Waals surface area contributed by atoms with Gasteiger partial charge in [-0.3, -0.25) is 19.7 Å². The highest BCUT2D eigenvalue weighted by molar-refractivity contribution is 6.31. The van der Waals surface area contributed by atoms with Crippen molar-refractivity contribution >= 4 is 34.9 Å². The molecule has 0 aliphatic heterocycles. The van der Waals surface area contributed by atoms with E-state index < -0.39 is 23.4 Å². The summed E-state index contributed by atoms with van der Waals surface area (Å²) >= 11 is 5.96. The summed E-state index contributed by atoms with van der Waals surface area (Å²) < 4.78 is 4.91. The van der Waals surface area contributed by atoms with E-state index in [4.69, 9.17) is 16.3 Å². The Morgan fingerprint density at radius 1 is 1.19 bits per heavy atom. The molecule has 1 amide bonds. The average Bonchev–Trinajstić information content (AvgIpc) is 2.58. The molecule has 0 spiro atoms. The Kier molecular flexibility index (Phi) is 6.30. The lowest BCUT2D eigenvalue weighted by Gasteiger charge is -2.09. The Balaban J connectivity index is 1.97. The van der Waals surface area contributed by atoms with Crippen molar-refractivity contribution in [3.05, 3.63) is 68.2 Å². The maximum Gasteiger partial charge on any atom is 0.310 e. The topological polar surface area (TPSA) is 98.5 Å². The van der Waals surface area contributed by atoms with Gasteiger partial charge in [-0.1, -0.05) is 29.8 Å². The van der Waals surface area contributed by atoms with Crippen molar-refractivity contribution in [2.75, 3.05) is 11.9 Å². The number of nitrogens with one attached hydrogen (secondary N) is 1. The van der Waals surface area contributed by atoms with Crippen molar-refractivity contribution in [2.45, 2.75) is 20.3 Å². The van der Waals surface area contributed by atoms with E-state index >= 15 is 0 Å². The number of anilines is 1. The van der Waals surface area contributed by atoms with Crippen LogP contribution in [0.25, 0.3) is 0 Å². The van der Waals surface area contributed by atoms with Gasteiger partial charge in [0.1, 0.15) is 5.69 Å². The first kappa shape index (κ1) is 19.4. The summed E-state index contributed by atoms with van der Waals surface area (Å²) in [7, 11) is 0. The molecular weight excluding hydrogens is 360 g/mol. The Labute approximate surface area is 155 Å². The molecule has 0 bridgehead atoms. The minimum atomic E-state index is -0.663. The van der Waals surface area contributed by atoms with Crippen LogP contribution in [0.5, 0.6) is 0 Å². The van der Waals surface area contributed by atoms with Gasteiger partial charge in [0.05, 0.1) is 11.3 Å².